The lowest BCUT2D eigenvalue weighted by molar-refractivity contribution is 0.0636. The van der Waals surface area contributed by atoms with E-state index in [1.807, 2.05) is 0 Å². The fourth-order valence-electron chi connectivity index (χ4n) is 1.74. The molecule has 0 saturated heterocycles. The standard InChI is InChI=1S/C13H18N4O3/c1-8-14-11-10(15-12(19)20-13(2,3)4)5-9(7-18)6-17(11)16-8/h5-6,18H,7H2,1-4H3,(H,15,19). The molecule has 7 nitrogen and oxygen atoms in total. The van der Waals surface area contributed by atoms with Crippen LogP contribution in [0, 0.1) is 6.92 Å². The summed E-state index contributed by atoms with van der Waals surface area (Å²) in [5.41, 5.74) is 0.990. The number of nitrogens with zero attached hydrogens (tertiary/aromatic N) is 3. The van der Waals surface area contributed by atoms with Crippen LogP contribution >= 0.6 is 0 Å². The number of aryl methyl sites for hydroxylation is 1. The molecular weight excluding hydrogens is 260 g/mol. The van der Waals surface area contributed by atoms with E-state index in [-0.39, 0.29) is 6.61 Å². The van der Waals surface area contributed by atoms with E-state index in [9.17, 15) is 9.90 Å². The number of hydrogen-bond acceptors (Lipinski definition) is 5. The van der Waals surface area contributed by atoms with Gasteiger partial charge in [0.15, 0.2) is 5.65 Å². The fraction of sp³-hybridized carbons (Fsp3) is 0.462. The summed E-state index contributed by atoms with van der Waals surface area (Å²) in [5, 5.41) is 16.0. The zero-order valence-electron chi connectivity index (χ0n) is 12.0. The van der Waals surface area contributed by atoms with Crippen LogP contribution < -0.4 is 5.32 Å². The highest BCUT2D eigenvalue weighted by atomic mass is 16.6. The predicted octanol–water partition coefficient (Wildman–Crippen LogP) is 1.88. The van der Waals surface area contributed by atoms with Crippen LogP contribution in [0.25, 0.3) is 5.65 Å². The zero-order chi connectivity index (χ0) is 14.9. The number of carbonyl (C=O) groups excluding carboxylic acids is 1. The van der Waals surface area contributed by atoms with Crippen LogP contribution in [0.4, 0.5) is 10.5 Å². The van der Waals surface area contributed by atoms with Gasteiger partial charge in [-0.05, 0) is 39.3 Å². The third-order valence-corrected chi connectivity index (χ3v) is 2.41. The largest absolute Gasteiger partial charge is 0.444 e. The van der Waals surface area contributed by atoms with Crippen molar-refractivity contribution in [2.24, 2.45) is 0 Å². The van der Waals surface area contributed by atoms with Crippen molar-refractivity contribution in [2.45, 2.75) is 39.9 Å². The van der Waals surface area contributed by atoms with Gasteiger partial charge in [-0.15, -0.1) is 0 Å². The molecule has 0 aliphatic carbocycles. The summed E-state index contributed by atoms with van der Waals surface area (Å²) in [4.78, 5) is 16.1. The smallest absolute Gasteiger partial charge is 0.412 e. The fourth-order valence-corrected chi connectivity index (χ4v) is 1.74. The third-order valence-electron chi connectivity index (χ3n) is 2.41. The van der Waals surface area contributed by atoms with E-state index in [2.05, 4.69) is 15.4 Å². The second kappa shape index (κ2) is 5.09. The first-order valence-electron chi connectivity index (χ1n) is 6.25. The number of aromatic nitrogens is 3. The molecule has 1 amide bonds. The van der Waals surface area contributed by atoms with Crippen LogP contribution in [0.1, 0.15) is 32.2 Å². The summed E-state index contributed by atoms with van der Waals surface area (Å²) in [6, 6.07) is 1.65. The molecule has 2 aromatic rings. The van der Waals surface area contributed by atoms with Gasteiger partial charge in [0.05, 0.1) is 12.3 Å². The van der Waals surface area contributed by atoms with Crippen LogP contribution in [0.3, 0.4) is 0 Å². The lowest BCUT2D eigenvalue weighted by atomic mass is 10.2. The van der Waals surface area contributed by atoms with E-state index in [0.717, 1.165) is 0 Å². The Hall–Kier alpha value is -2.15. The van der Waals surface area contributed by atoms with E-state index in [1.54, 1.807) is 40.0 Å². The average Bonchev–Trinajstić information content (AvgIpc) is 2.66. The Labute approximate surface area is 116 Å². The second-order valence-corrected chi connectivity index (χ2v) is 5.47. The minimum absolute atomic E-state index is 0.155. The summed E-state index contributed by atoms with van der Waals surface area (Å²) in [6.07, 6.45) is 1.09. The highest BCUT2D eigenvalue weighted by Gasteiger charge is 2.18. The van der Waals surface area contributed by atoms with Crippen molar-refractivity contribution in [2.75, 3.05) is 5.32 Å². The van der Waals surface area contributed by atoms with Gasteiger partial charge in [-0.2, -0.15) is 5.10 Å². The summed E-state index contributed by atoms with van der Waals surface area (Å²) in [7, 11) is 0. The number of anilines is 1. The molecule has 2 heterocycles. The number of fused-ring (bicyclic) bond motifs is 1. The van der Waals surface area contributed by atoms with Gasteiger partial charge in [-0.1, -0.05) is 0 Å². The van der Waals surface area contributed by atoms with E-state index >= 15 is 0 Å². The van der Waals surface area contributed by atoms with Crippen molar-refractivity contribution in [1.82, 2.24) is 14.6 Å². The summed E-state index contributed by atoms with van der Waals surface area (Å²) < 4.78 is 6.72. The van der Waals surface area contributed by atoms with Crippen molar-refractivity contribution in [3.05, 3.63) is 23.7 Å². The lowest BCUT2D eigenvalue weighted by Crippen LogP contribution is -2.27. The van der Waals surface area contributed by atoms with Crippen molar-refractivity contribution in [3.8, 4) is 0 Å². The Morgan fingerprint density at radius 1 is 1.50 bits per heavy atom. The summed E-state index contributed by atoms with van der Waals surface area (Å²) in [6.45, 7) is 6.95. The Balaban J connectivity index is 2.35. The first kappa shape index (κ1) is 14.3. The highest BCUT2D eigenvalue weighted by molar-refractivity contribution is 5.89. The molecule has 2 N–H and O–H groups in total. The van der Waals surface area contributed by atoms with Crippen LogP contribution in [0.5, 0.6) is 0 Å². The minimum atomic E-state index is -0.585. The molecule has 20 heavy (non-hydrogen) atoms. The molecule has 0 unspecified atom stereocenters. The zero-order valence-corrected chi connectivity index (χ0v) is 12.0. The molecule has 0 spiro atoms. The average molecular weight is 278 g/mol. The molecule has 0 atom stereocenters. The number of hydrogen-bond donors (Lipinski definition) is 2. The Bertz CT molecular complexity index is 643. The Morgan fingerprint density at radius 3 is 2.80 bits per heavy atom. The molecular formula is C13H18N4O3. The summed E-state index contributed by atoms with van der Waals surface area (Å²) >= 11 is 0. The van der Waals surface area contributed by atoms with E-state index in [4.69, 9.17) is 4.74 Å². The molecule has 2 aromatic heterocycles. The Morgan fingerprint density at radius 2 is 2.20 bits per heavy atom. The number of aliphatic hydroxyl groups is 1. The number of carbonyl (C=O) groups is 1. The van der Waals surface area contributed by atoms with Gasteiger partial charge in [0, 0.05) is 6.20 Å². The number of amides is 1. The molecule has 0 aromatic carbocycles. The van der Waals surface area contributed by atoms with Gasteiger partial charge >= 0.3 is 6.09 Å². The van der Waals surface area contributed by atoms with Gasteiger partial charge < -0.3 is 9.84 Å². The first-order chi connectivity index (χ1) is 9.28. The molecule has 0 saturated carbocycles. The molecule has 0 bridgehead atoms. The molecule has 108 valence electrons. The monoisotopic (exact) mass is 278 g/mol. The predicted molar refractivity (Wildman–Crippen MR) is 73.5 cm³/mol. The number of aliphatic hydroxyl groups excluding tert-OH is 1. The van der Waals surface area contributed by atoms with Crippen molar-refractivity contribution in [1.29, 1.82) is 0 Å². The molecule has 0 fully saturated rings. The molecule has 0 aliphatic heterocycles. The molecule has 2 rings (SSSR count). The number of ether oxygens (including phenoxy) is 1. The maximum atomic E-state index is 11.8. The lowest BCUT2D eigenvalue weighted by Gasteiger charge is -2.19. The van der Waals surface area contributed by atoms with Crippen LogP contribution in [-0.2, 0) is 11.3 Å². The van der Waals surface area contributed by atoms with Crippen molar-refractivity contribution >= 4 is 17.4 Å². The van der Waals surface area contributed by atoms with E-state index in [1.165, 1.54) is 4.52 Å². The highest BCUT2D eigenvalue weighted by Crippen LogP contribution is 2.19. The van der Waals surface area contributed by atoms with Gasteiger partial charge in [0.1, 0.15) is 11.4 Å². The van der Waals surface area contributed by atoms with Crippen LogP contribution in [0.15, 0.2) is 12.3 Å². The van der Waals surface area contributed by atoms with Crippen LogP contribution in [0.2, 0.25) is 0 Å². The van der Waals surface area contributed by atoms with E-state index in [0.29, 0.717) is 22.7 Å². The summed E-state index contributed by atoms with van der Waals surface area (Å²) in [5.74, 6) is 0.576. The molecule has 0 radical (unpaired) electrons. The topological polar surface area (TPSA) is 88.8 Å². The molecule has 0 aliphatic rings. The second-order valence-electron chi connectivity index (χ2n) is 5.47. The number of nitrogens with one attached hydrogen (secondary N) is 1. The quantitative estimate of drug-likeness (QED) is 0.875. The van der Waals surface area contributed by atoms with Gasteiger partial charge in [0.25, 0.3) is 0 Å². The Kier molecular flexibility index (Phi) is 3.63. The SMILES string of the molecule is Cc1nc2c(NC(=O)OC(C)(C)C)cc(CO)cn2n1. The maximum Gasteiger partial charge on any atom is 0.412 e. The van der Waals surface area contributed by atoms with E-state index < -0.39 is 11.7 Å². The van der Waals surface area contributed by atoms with Crippen molar-refractivity contribution in [3.63, 3.8) is 0 Å². The normalized spacial score (nSPS) is 11.7. The van der Waals surface area contributed by atoms with Crippen molar-refractivity contribution < 1.29 is 14.6 Å². The van der Waals surface area contributed by atoms with Gasteiger partial charge in [-0.25, -0.2) is 14.3 Å². The number of rotatable bonds is 2. The van der Waals surface area contributed by atoms with Gasteiger partial charge in [-0.3, -0.25) is 5.32 Å². The third kappa shape index (κ3) is 3.24. The minimum Gasteiger partial charge on any atom is -0.444 e. The number of pyridine rings is 1. The van der Waals surface area contributed by atoms with Crippen LogP contribution in [-0.4, -0.2) is 31.4 Å². The first-order valence-corrected chi connectivity index (χ1v) is 6.25. The molecule has 7 heteroatoms. The maximum absolute atomic E-state index is 11.8. The van der Waals surface area contributed by atoms with Gasteiger partial charge in [0.2, 0.25) is 0 Å².